The summed E-state index contributed by atoms with van der Waals surface area (Å²) >= 11 is 0. The van der Waals surface area contributed by atoms with E-state index in [0.717, 1.165) is 32.5 Å². The molecule has 1 N–H and O–H groups in total. The van der Waals surface area contributed by atoms with Crippen molar-refractivity contribution in [3.8, 4) is 0 Å². The summed E-state index contributed by atoms with van der Waals surface area (Å²) in [5, 5.41) is 3.35. The number of unbranched alkanes of at least 4 members (excludes halogenated alkanes) is 3. The summed E-state index contributed by atoms with van der Waals surface area (Å²) in [6.07, 6.45) is 3.53. The normalized spacial score (nSPS) is 11.6. The zero-order chi connectivity index (χ0) is 12.2. The van der Waals surface area contributed by atoms with Crippen molar-refractivity contribution < 1.29 is 8.78 Å². The van der Waals surface area contributed by atoms with Gasteiger partial charge in [-0.2, -0.15) is 0 Å². The highest BCUT2D eigenvalue weighted by Crippen LogP contribution is 2.02. The lowest BCUT2D eigenvalue weighted by atomic mass is 10.2. The van der Waals surface area contributed by atoms with Gasteiger partial charge in [-0.05, 0) is 45.9 Å². The van der Waals surface area contributed by atoms with Crippen LogP contribution in [0.2, 0.25) is 0 Å². The van der Waals surface area contributed by atoms with E-state index in [0.29, 0.717) is 0 Å². The van der Waals surface area contributed by atoms with E-state index in [1.165, 1.54) is 19.3 Å². The van der Waals surface area contributed by atoms with Gasteiger partial charge >= 0.3 is 0 Å². The van der Waals surface area contributed by atoms with Crippen LogP contribution in [0, 0.1) is 0 Å². The van der Waals surface area contributed by atoms with Crippen LogP contribution in [0.25, 0.3) is 0 Å². The number of alkyl halides is 2. The first-order chi connectivity index (χ1) is 7.66. The van der Waals surface area contributed by atoms with Crippen molar-refractivity contribution in [3.05, 3.63) is 0 Å². The zero-order valence-corrected chi connectivity index (χ0v) is 10.6. The highest BCUT2D eigenvalue weighted by atomic mass is 19.3. The Bertz CT molecular complexity index is 143. The van der Waals surface area contributed by atoms with Crippen LogP contribution < -0.4 is 5.32 Å². The number of hydrogen-bond donors (Lipinski definition) is 1. The number of hydrogen-bond acceptors (Lipinski definition) is 2. The molecule has 0 radical (unpaired) electrons. The van der Waals surface area contributed by atoms with Gasteiger partial charge in [-0.15, -0.1) is 0 Å². The third kappa shape index (κ3) is 11.9. The summed E-state index contributed by atoms with van der Waals surface area (Å²) in [5.41, 5.74) is 0. The monoisotopic (exact) mass is 236 g/mol. The molecule has 0 atom stereocenters. The molecule has 16 heavy (non-hydrogen) atoms. The molecule has 2 nitrogen and oxygen atoms in total. The van der Waals surface area contributed by atoms with Gasteiger partial charge in [-0.25, -0.2) is 8.78 Å². The second-order valence-corrected chi connectivity index (χ2v) is 4.32. The molecule has 0 aliphatic heterocycles. The summed E-state index contributed by atoms with van der Waals surface area (Å²) in [7, 11) is 1.76. The molecule has 0 spiro atoms. The first kappa shape index (κ1) is 15.8. The van der Waals surface area contributed by atoms with Gasteiger partial charge in [-0.3, -0.25) is 0 Å². The number of halogens is 2. The lowest BCUT2D eigenvalue weighted by Crippen LogP contribution is -2.25. The van der Waals surface area contributed by atoms with Crippen LogP contribution in [0.4, 0.5) is 8.78 Å². The lowest BCUT2D eigenvalue weighted by molar-refractivity contribution is 0.0995. The molecule has 0 aromatic carbocycles. The van der Waals surface area contributed by atoms with Crippen molar-refractivity contribution in [2.24, 2.45) is 0 Å². The summed E-state index contributed by atoms with van der Waals surface area (Å²) in [6.45, 7) is 5.02. The average Bonchev–Trinajstić information content (AvgIpc) is 2.21. The second-order valence-electron chi connectivity index (χ2n) is 4.32. The van der Waals surface area contributed by atoms with E-state index in [9.17, 15) is 8.78 Å². The van der Waals surface area contributed by atoms with Crippen LogP contribution in [0.3, 0.4) is 0 Å². The minimum atomic E-state index is -2.21. The molecule has 0 heterocycles. The third-order valence-corrected chi connectivity index (χ3v) is 2.52. The van der Waals surface area contributed by atoms with Gasteiger partial charge in [0.05, 0.1) is 6.54 Å². The summed E-state index contributed by atoms with van der Waals surface area (Å²) in [5.74, 6) is 0. The SMILES string of the molecule is CCCNCCCCCCN(C)CC(F)F. The van der Waals surface area contributed by atoms with Gasteiger partial charge in [-0.1, -0.05) is 19.8 Å². The molecular weight excluding hydrogens is 210 g/mol. The first-order valence-electron chi connectivity index (χ1n) is 6.34. The highest BCUT2D eigenvalue weighted by molar-refractivity contribution is 4.54. The molecule has 0 aliphatic rings. The highest BCUT2D eigenvalue weighted by Gasteiger charge is 2.06. The topological polar surface area (TPSA) is 15.3 Å². The fourth-order valence-electron chi connectivity index (χ4n) is 1.61. The molecule has 0 unspecified atom stereocenters. The van der Waals surface area contributed by atoms with Gasteiger partial charge in [0, 0.05) is 0 Å². The van der Waals surface area contributed by atoms with E-state index >= 15 is 0 Å². The van der Waals surface area contributed by atoms with Crippen molar-refractivity contribution in [1.29, 1.82) is 0 Å². The molecule has 0 amide bonds. The maximum Gasteiger partial charge on any atom is 0.251 e. The van der Waals surface area contributed by atoms with Gasteiger partial charge in [0.2, 0.25) is 0 Å². The molecule has 0 aliphatic carbocycles. The van der Waals surface area contributed by atoms with Crippen LogP contribution in [0.1, 0.15) is 39.0 Å². The zero-order valence-electron chi connectivity index (χ0n) is 10.6. The van der Waals surface area contributed by atoms with Gasteiger partial charge in [0.1, 0.15) is 0 Å². The van der Waals surface area contributed by atoms with Crippen LogP contribution in [0.5, 0.6) is 0 Å². The Balaban J connectivity index is 3.08. The fraction of sp³-hybridized carbons (Fsp3) is 1.00. The molecule has 4 heteroatoms. The second kappa shape index (κ2) is 11.3. The van der Waals surface area contributed by atoms with Gasteiger partial charge in [0.15, 0.2) is 0 Å². The Hall–Kier alpha value is -0.220. The lowest BCUT2D eigenvalue weighted by Gasteiger charge is -2.15. The molecule has 0 saturated carbocycles. The summed E-state index contributed by atoms with van der Waals surface area (Å²) in [4.78, 5) is 1.71. The quantitative estimate of drug-likeness (QED) is 0.555. The predicted molar refractivity (Wildman–Crippen MR) is 65.1 cm³/mol. The standard InChI is InChI=1S/C12H26F2N2/c1-3-8-15-9-6-4-5-7-10-16(2)11-12(13)14/h12,15H,3-11H2,1-2H3. The van der Waals surface area contributed by atoms with E-state index in [-0.39, 0.29) is 6.54 Å². The van der Waals surface area contributed by atoms with E-state index < -0.39 is 6.43 Å². The maximum absolute atomic E-state index is 12.0. The Labute approximate surface area is 98.4 Å². The Morgan fingerprint density at radius 2 is 1.75 bits per heavy atom. The number of nitrogens with zero attached hydrogens (tertiary/aromatic N) is 1. The molecule has 0 aromatic rings. The summed E-state index contributed by atoms with van der Waals surface area (Å²) < 4.78 is 24.0. The molecule has 0 saturated heterocycles. The van der Waals surface area contributed by atoms with E-state index in [1.807, 2.05) is 0 Å². The fourth-order valence-corrected chi connectivity index (χ4v) is 1.61. The number of rotatable bonds is 11. The minimum Gasteiger partial charge on any atom is -0.317 e. The summed E-state index contributed by atoms with van der Waals surface area (Å²) in [6, 6.07) is 0. The van der Waals surface area contributed by atoms with Crippen LogP contribution in [0.15, 0.2) is 0 Å². The molecule has 0 fully saturated rings. The third-order valence-electron chi connectivity index (χ3n) is 2.52. The average molecular weight is 236 g/mol. The first-order valence-corrected chi connectivity index (χ1v) is 6.34. The minimum absolute atomic E-state index is 0.0992. The van der Waals surface area contributed by atoms with Crippen molar-refractivity contribution in [3.63, 3.8) is 0 Å². The van der Waals surface area contributed by atoms with Gasteiger partial charge < -0.3 is 10.2 Å². The van der Waals surface area contributed by atoms with Gasteiger partial charge in [0.25, 0.3) is 6.43 Å². The smallest absolute Gasteiger partial charge is 0.251 e. The largest absolute Gasteiger partial charge is 0.317 e. The van der Waals surface area contributed by atoms with E-state index in [2.05, 4.69) is 12.2 Å². The molecule has 0 rings (SSSR count). The van der Waals surface area contributed by atoms with E-state index in [4.69, 9.17) is 0 Å². The van der Waals surface area contributed by atoms with Crippen LogP contribution >= 0.6 is 0 Å². The maximum atomic E-state index is 12.0. The Morgan fingerprint density at radius 1 is 1.06 bits per heavy atom. The van der Waals surface area contributed by atoms with Crippen LogP contribution in [-0.2, 0) is 0 Å². The molecule has 0 bridgehead atoms. The Morgan fingerprint density at radius 3 is 2.38 bits per heavy atom. The van der Waals surface area contributed by atoms with Crippen molar-refractivity contribution in [1.82, 2.24) is 10.2 Å². The molecular formula is C12H26F2N2. The molecule has 98 valence electrons. The van der Waals surface area contributed by atoms with Crippen molar-refractivity contribution in [2.75, 3.05) is 33.2 Å². The van der Waals surface area contributed by atoms with Crippen molar-refractivity contribution in [2.45, 2.75) is 45.5 Å². The predicted octanol–water partition coefficient (Wildman–Crippen LogP) is 2.74. The van der Waals surface area contributed by atoms with Crippen molar-refractivity contribution >= 4 is 0 Å². The van der Waals surface area contributed by atoms with Crippen LogP contribution in [-0.4, -0.2) is 44.6 Å². The Kier molecular flexibility index (Phi) is 11.1. The molecule has 0 aromatic heterocycles. The van der Waals surface area contributed by atoms with E-state index in [1.54, 1.807) is 11.9 Å². The number of nitrogens with one attached hydrogen (secondary N) is 1.